The number of rotatable bonds is 3. The summed E-state index contributed by atoms with van der Waals surface area (Å²) in [6, 6.07) is 8.09. The van der Waals surface area contributed by atoms with Gasteiger partial charge in [-0.1, -0.05) is 39.4 Å². The number of hydrogen-bond donors (Lipinski definition) is 2. The van der Waals surface area contributed by atoms with Crippen LogP contribution in [0, 0.1) is 6.92 Å². The minimum absolute atomic E-state index is 0.0746. The summed E-state index contributed by atoms with van der Waals surface area (Å²) < 4.78 is 2.53. The number of benzene rings is 1. The average Bonchev–Trinajstić information content (AvgIpc) is 3.09. The Morgan fingerprint density at radius 2 is 1.92 bits per heavy atom. The number of likely N-dealkylation sites (tertiary alicyclic amines) is 1. The lowest BCUT2D eigenvalue weighted by molar-refractivity contribution is 0.0689. The Labute approximate surface area is 157 Å². The SMILES string of the molecule is Cc1nc2sc([C@@H](c3ccc(Br)cc3)N3CCC(O)CC3)c(O)n2n1. The van der Waals surface area contributed by atoms with Crippen molar-refractivity contribution < 1.29 is 10.2 Å². The van der Waals surface area contributed by atoms with Crippen LogP contribution < -0.4 is 0 Å². The highest BCUT2D eigenvalue weighted by molar-refractivity contribution is 9.10. The molecule has 1 aliphatic rings. The van der Waals surface area contributed by atoms with Crippen LogP contribution in [0.1, 0.15) is 35.1 Å². The van der Waals surface area contributed by atoms with Gasteiger partial charge in [0.05, 0.1) is 17.0 Å². The van der Waals surface area contributed by atoms with Crippen molar-refractivity contribution in [2.75, 3.05) is 13.1 Å². The summed E-state index contributed by atoms with van der Waals surface area (Å²) in [6.07, 6.45) is 1.25. The molecule has 0 saturated carbocycles. The number of aryl methyl sites for hydroxylation is 1. The number of aliphatic hydroxyl groups excluding tert-OH is 1. The Bertz CT molecular complexity index is 884. The van der Waals surface area contributed by atoms with Crippen LogP contribution in [0.25, 0.3) is 4.96 Å². The maximum absolute atomic E-state index is 10.8. The lowest BCUT2D eigenvalue weighted by Crippen LogP contribution is -2.38. The molecule has 25 heavy (non-hydrogen) atoms. The zero-order chi connectivity index (χ0) is 17.6. The van der Waals surface area contributed by atoms with Crippen LogP contribution in [0.5, 0.6) is 5.88 Å². The molecule has 3 aromatic rings. The van der Waals surface area contributed by atoms with Crippen LogP contribution in [-0.2, 0) is 0 Å². The van der Waals surface area contributed by atoms with Gasteiger partial charge in [-0.2, -0.15) is 4.52 Å². The second kappa shape index (κ2) is 6.68. The molecule has 8 heteroatoms. The zero-order valence-electron chi connectivity index (χ0n) is 13.8. The molecule has 6 nitrogen and oxygen atoms in total. The van der Waals surface area contributed by atoms with Crippen LogP contribution in [0.3, 0.4) is 0 Å². The van der Waals surface area contributed by atoms with E-state index in [1.807, 2.05) is 19.1 Å². The Kier molecular flexibility index (Phi) is 4.53. The molecule has 1 aliphatic heterocycles. The molecule has 3 heterocycles. The van der Waals surface area contributed by atoms with Gasteiger partial charge in [0, 0.05) is 17.6 Å². The normalized spacial score (nSPS) is 18.0. The summed E-state index contributed by atoms with van der Waals surface area (Å²) in [5.74, 6) is 0.800. The first-order chi connectivity index (χ1) is 12.0. The van der Waals surface area contributed by atoms with Gasteiger partial charge in [-0.25, -0.2) is 4.98 Å². The summed E-state index contributed by atoms with van der Waals surface area (Å²) in [5, 5.41) is 24.9. The standard InChI is InChI=1S/C17H19BrN4O2S/c1-10-19-17-22(20-10)16(24)15(25-17)14(11-2-4-12(18)5-3-11)21-8-6-13(23)7-9-21/h2-5,13-14,23-24H,6-9H2,1H3/t14-/m1/s1. The molecule has 1 fully saturated rings. The second-order valence-electron chi connectivity index (χ2n) is 6.36. The molecule has 2 aromatic heterocycles. The van der Waals surface area contributed by atoms with E-state index >= 15 is 0 Å². The lowest BCUT2D eigenvalue weighted by atomic mass is 9.99. The van der Waals surface area contributed by atoms with Gasteiger partial charge in [-0.05, 0) is 37.5 Å². The second-order valence-corrected chi connectivity index (χ2v) is 8.29. The minimum atomic E-state index is -0.236. The highest BCUT2D eigenvalue weighted by atomic mass is 79.9. The van der Waals surface area contributed by atoms with Crippen LogP contribution in [-0.4, -0.2) is 48.9 Å². The zero-order valence-corrected chi connectivity index (χ0v) is 16.2. The molecule has 0 spiro atoms. The fourth-order valence-corrected chi connectivity index (χ4v) is 4.77. The van der Waals surface area contributed by atoms with E-state index in [-0.39, 0.29) is 18.0 Å². The molecule has 0 amide bonds. The first-order valence-corrected chi connectivity index (χ1v) is 9.86. The monoisotopic (exact) mass is 422 g/mol. The molecule has 1 atom stereocenters. The van der Waals surface area contributed by atoms with Gasteiger partial charge in [0.2, 0.25) is 10.8 Å². The number of thiazole rings is 1. The largest absolute Gasteiger partial charge is 0.492 e. The van der Waals surface area contributed by atoms with E-state index in [2.05, 4.69) is 43.0 Å². The molecule has 2 N–H and O–H groups in total. The quantitative estimate of drug-likeness (QED) is 0.677. The number of aliphatic hydroxyl groups is 1. The first kappa shape index (κ1) is 17.0. The Balaban J connectivity index is 1.79. The average molecular weight is 423 g/mol. The van der Waals surface area contributed by atoms with Gasteiger partial charge >= 0.3 is 0 Å². The Morgan fingerprint density at radius 1 is 1.24 bits per heavy atom. The van der Waals surface area contributed by atoms with E-state index in [0.717, 1.165) is 40.8 Å². The number of piperidine rings is 1. The maximum Gasteiger partial charge on any atom is 0.230 e. The van der Waals surface area contributed by atoms with Crippen molar-refractivity contribution in [2.45, 2.75) is 31.9 Å². The van der Waals surface area contributed by atoms with Gasteiger partial charge in [0.15, 0.2) is 0 Å². The molecule has 132 valence electrons. The number of aromatic nitrogens is 3. The predicted octanol–water partition coefficient (Wildman–Crippen LogP) is 3.11. The summed E-state index contributed by atoms with van der Waals surface area (Å²) in [6.45, 7) is 3.39. The van der Waals surface area contributed by atoms with E-state index in [0.29, 0.717) is 10.8 Å². The van der Waals surface area contributed by atoms with E-state index in [1.54, 1.807) is 0 Å². The third kappa shape index (κ3) is 3.19. The summed E-state index contributed by atoms with van der Waals surface area (Å²) >= 11 is 4.95. The van der Waals surface area contributed by atoms with Crippen molar-refractivity contribution in [3.05, 3.63) is 45.0 Å². The molecular formula is C17H19BrN4O2S. The third-order valence-electron chi connectivity index (χ3n) is 4.60. The van der Waals surface area contributed by atoms with E-state index in [1.165, 1.54) is 15.9 Å². The Hall–Kier alpha value is -1.48. The molecule has 0 bridgehead atoms. The van der Waals surface area contributed by atoms with Gasteiger partial charge in [-0.15, -0.1) is 5.10 Å². The topological polar surface area (TPSA) is 73.9 Å². The number of fused-ring (bicyclic) bond motifs is 1. The van der Waals surface area contributed by atoms with Gasteiger partial charge < -0.3 is 10.2 Å². The van der Waals surface area contributed by atoms with Gasteiger partial charge in [-0.3, -0.25) is 4.90 Å². The third-order valence-corrected chi connectivity index (χ3v) is 6.21. The van der Waals surface area contributed by atoms with Crippen LogP contribution in [0.4, 0.5) is 0 Å². The summed E-state index contributed by atoms with van der Waals surface area (Å²) in [4.78, 5) is 8.24. The summed E-state index contributed by atoms with van der Waals surface area (Å²) in [5.41, 5.74) is 1.11. The first-order valence-electron chi connectivity index (χ1n) is 8.25. The van der Waals surface area contributed by atoms with Crippen molar-refractivity contribution in [3.63, 3.8) is 0 Å². The van der Waals surface area contributed by atoms with Crippen molar-refractivity contribution in [2.24, 2.45) is 0 Å². The summed E-state index contributed by atoms with van der Waals surface area (Å²) in [7, 11) is 0. The maximum atomic E-state index is 10.8. The molecule has 1 aromatic carbocycles. The van der Waals surface area contributed by atoms with Crippen LogP contribution in [0.2, 0.25) is 0 Å². The minimum Gasteiger partial charge on any atom is -0.492 e. The molecule has 1 saturated heterocycles. The molecule has 0 aliphatic carbocycles. The Morgan fingerprint density at radius 3 is 2.56 bits per heavy atom. The van der Waals surface area contributed by atoms with E-state index < -0.39 is 0 Å². The van der Waals surface area contributed by atoms with Gasteiger partial charge in [0.1, 0.15) is 5.82 Å². The van der Waals surface area contributed by atoms with Crippen LogP contribution >= 0.6 is 27.3 Å². The molecule has 0 radical (unpaired) electrons. The molecular weight excluding hydrogens is 404 g/mol. The number of hydrogen-bond acceptors (Lipinski definition) is 6. The van der Waals surface area contributed by atoms with Crippen molar-refractivity contribution in [3.8, 4) is 5.88 Å². The number of halogens is 1. The van der Waals surface area contributed by atoms with E-state index in [9.17, 15) is 10.2 Å². The fourth-order valence-electron chi connectivity index (χ4n) is 3.34. The number of aromatic hydroxyl groups is 1. The van der Waals surface area contributed by atoms with Gasteiger partial charge in [0.25, 0.3) is 0 Å². The van der Waals surface area contributed by atoms with Crippen LogP contribution in [0.15, 0.2) is 28.7 Å². The lowest BCUT2D eigenvalue weighted by Gasteiger charge is -2.36. The van der Waals surface area contributed by atoms with E-state index in [4.69, 9.17) is 0 Å². The smallest absolute Gasteiger partial charge is 0.230 e. The van der Waals surface area contributed by atoms with Crippen molar-refractivity contribution in [1.29, 1.82) is 0 Å². The van der Waals surface area contributed by atoms with Crippen molar-refractivity contribution in [1.82, 2.24) is 19.5 Å². The highest BCUT2D eigenvalue weighted by Crippen LogP contribution is 2.41. The molecule has 4 rings (SSSR count). The number of nitrogens with zero attached hydrogens (tertiary/aromatic N) is 4. The fraction of sp³-hybridized carbons (Fsp3) is 0.412. The highest BCUT2D eigenvalue weighted by Gasteiger charge is 2.31. The van der Waals surface area contributed by atoms with Crippen molar-refractivity contribution >= 4 is 32.2 Å². The molecule has 0 unspecified atom stereocenters. The predicted molar refractivity (Wildman–Crippen MR) is 100 cm³/mol.